The van der Waals surface area contributed by atoms with Crippen LogP contribution in [0.1, 0.15) is 5.56 Å². The Hall–Kier alpha value is -1.11. The maximum atomic E-state index is 10.7. The fraction of sp³-hybridized carbons (Fsp3) is 0.200. The van der Waals surface area contributed by atoms with E-state index in [0.29, 0.717) is 5.56 Å². The Bertz CT molecular complexity index is 418. The average molecular weight is 318 g/mol. The zero-order valence-electron chi connectivity index (χ0n) is 8.21. The number of likely N-dealkylation sites (N-methyl/N-ethyl adjacent to an activating group) is 1. The third-order valence-corrected chi connectivity index (χ3v) is 2.33. The summed E-state index contributed by atoms with van der Waals surface area (Å²) >= 11 is 0. The van der Waals surface area contributed by atoms with Gasteiger partial charge in [-0.1, -0.05) is 12.1 Å². The maximum absolute atomic E-state index is 10.7. The van der Waals surface area contributed by atoms with Gasteiger partial charge in [0.25, 0.3) is 5.69 Å². The third kappa shape index (κ3) is 2.11. The second-order valence-corrected chi connectivity index (χ2v) is 3.25. The van der Waals surface area contributed by atoms with Crippen LogP contribution in [0.5, 0.6) is 0 Å². The lowest BCUT2D eigenvalue weighted by molar-refractivity contribution is -0.385. The summed E-state index contributed by atoms with van der Waals surface area (Å²) in [6.45, 7) is 0.800. The number of benzene rings is 1. The van der Waals surface area contributed by atoms with Gasteiger partial charge in [0, 0.05) is 19.7 Å². The first-order valence-electron chi connectivity index (χ1n) is 4.35. The van der Waals surface area contributed by atoms with E-state index in [4.69, 9.17) is 0 Å². The van der Waals surface area contributed by atoms with Crippen molar-refractivity contribution in [1.29, 1.82) is 0 Å². The van der Waals surface area contributed by atoms with Crippen LogP contribution in [0.4, 0.5) is 11.4 Å². The lowest BCUT2D eigenvalue weighted by Gasteiger charge is -2.22. The summed E-state index contributed by atoms with van der Waals surface area (Å²) in [6.07, 6.45) is 3.74. The molecule has 0 bridgehead atoms. The highest BCUT2D eigenvalue weighted by molar-refractivity contribution is 14.0. The Morgan fingerprint density at radius 3 is 2.87 bits per heavy atom. The SMILES string of the molecule is CN1CC=Cc2c1cccc2[N+](=O)[O-].I. The van der Waals surface area contributed by atoms with Crippen LogP contribution in [-0.4, -0.2) is 18.5 Å². The summed E-state index contributed by atoms with van der Waals surface area (Å²) in [6, 6.07) is 5.14. The van der Waals surface area contributed by atoms with Crippen molar-refractivity contribution in [2.75, 3.05) is 18.5 Å². The van der Waals surface area contributed by atoms with Crippen LogP contribution in [0, 0.1) is 10.1 Å². The van der Waals surface area contributed by atoms with Crippen LogP contribution in [-0.2, 0) is 0 Å². The molecule has 1 heterocycles. The molecule has 0 atom stereocenters. The van der Waals surface area contributed by atoms with Crippen LogP contribution in [0.25, 0.3) is 6.08 Å². The Morgan fingerprint density at radius 1 is 1.47 bits per heavy atom. The third-order valence-electron chi connectivity index (χ3n) is 2.33. The van der Waals surface area contributed by atoms with Gasteiger partial charge in [-0.2, -0.15) is 0 Å². The van der Waals surface area contributed by atoms with Crippen LogP contribution in [0.3, 0.4) is 0 Å². The number of rotatable bonds is 1. The average Bonchev–Trinajstić information content (AvgIpc) is 2.17. The van der Waals surface area contributed by atoms with Crippen molar-refractivity contribution < 1.29 is 4.92 Å². The Morgan fingerprint density at radius 2 is 2.20 bits per heavy atom. The monoisotopic (exact) mass is 318 g/mol. The van der Waals surface area contributed by atoms with Gasteiger partial charge in [-0.05, 0) is 12.1 Å². The maximum Gasteiger partial charge on any atom is 0.278 e. The number of hydrogen-bond donors (Lipinski definition) is 0. The molecule has 15 heavy (non-hydrogen) atoms. The minimum Gasteiger partial charge on any atom is -0.370 e. The summed E-state index contributed by atoms with van der Waals surface area (Å²) < 4.78 is 0. The smallest absolute Gasteiger partial charge is 0.278 e. The molecule has 0 N–H and O–H groups in total. The van der Waals surface area contributed by atoms with Gasteiger partial charge in [-0.15, -0.1) is 24.0 Å². The van der Waals surface area contributed by atoms with Crippen LogP contribution in [0.2, 0.25) is 0 Å². The zero-order chi connectivity index (χ0) is 10.1. The van der Waals surface area contributed by atoms with E-state index >= 15 is 0 Å². The topological polar surface area (TPSA) is 46.4 Å². The Kier molecular flexibility index (Phi) is 3.67. The molecule has 0 fully saturated rings. The molecule has 80 valence electrons. The van der Waals surface area contributed by atoms with Crippen molar-refractivity contribution >= 4 is 41.4 Å². The standard InChI is InChI=1S/C10H10N2O2.HI/c1-11-7-3-4-8-9(11)5-2-6-10(8)12(13)14;/h2-6H,7H2,1H3;1H. The Balaban J connectivity index is 0.00000112. The fourth-order valence-corrected chi connectivity index (χ4v) is 1.63. The minimum atomic E-state index is -0.345. The van der Waals surface area contributed by atoms with Gasteiger partial charge in [0.05, 0.1) is 16.2 Å². The first-order chi connectivity index (χ1) is 6.70. The molecule has 0 amide bonds. The van der Waals surface area contributed by atoms with E-state index in [1.54, 1.807) is 6.07 Å². The van der Waals surface area contributed by atoms with Gasteiger partial charge < -0.3 is 4.90 Å². The van der Waals surface area contributed by atoms with Crippen molar-refractivity contribution in [2.45, 2.75) is 0 Å². The van der Waals surface area contributed by atoms with Crippen molar-refractivity contribution in [1.82, 2.24) is 0 Å². The quantitative estimate of drug-likeness (QED) is 0.454. The van der Waals surface area contributed by atoms with Crippen LogP contribution >= 0.6 is 24.0 Å². The molecule has 0 unspecified atom stereocenters. The van der Waals surface area contributed by atoms with Gasteiger partial charge in [-0.25, -0.2) is 0 Å². The molecule has 5 heteroatoms. The molecule has 0 spiro atoms. The molecule has 0 radical (unpaired) electrons. The molecular formula is C10H11IN2O2. The predicted octanol–water partition coefficient (Wildman–Crippen LogP) is 2.68. The van der Waals surface area contributed by atoms with Crippen molar-refractivity contribution in [2.24, 2.45) is 0 Å². The molecule has 0 aliphatic carbocycles. The molecule has 1 aliphatic heterocycles. The molecule has 0 saturated carbocycles. The number of nitrogens with zero attached hydrogens (tertiary/aromatic N) is 2. The van der Waals surface area contributed by atoms with Crippen molar-refractivity contribution in [3.05, 3.63) is 40.0 Å². The summed E-state index contributed by atoms with van der Waals surface area (Å²) in [5.41, 5.74) is 1.79. The van der Waals surface area contributed by atoms with Crippen molar-refractivity contribution in [3.8, 4) is 0 Å². The highest BCUT2D eigenvalue weighted by Gasteiger charge is 2.18. The second kappa shape index (κ2) is 4.61. The lowest BCUT2D eigenvalue weighted by atomic mass is 10.1. The summed E-state index contributed by atoms with van der Waals surface area (Å²) in [7, 11) is 1.92. The number of halogens is 1. The number of hydrogen-bond acceptors (Lipinski definition) is 3. The molecule has 1 aromatic carbocycles. The first-order valence-corrected chi connectivity index (χ1v) is 4.35. The lowest BCUT2D eigenvalue weighted by Crippen LogP contribution is -2.20. The molecule has 2 rings (SSSR count). The van der Waals surface area contributed by atoms with E-state index in [1.165, 1.54) is 6.07 Å². The fourth-order valence-electron chi connectivity index (χ4n) is 1.63. The van der Waals surface area contributed by atoms with Gasteiger partial charge in [0.1, 0.15) is 0 Å². The largest absolute Gasteiger partial charge is 0.370 e. The van der Waals surface area contributed by atoms with E-state index in [-0.39, 0.29) is 34.6 Å². The number of nitro groups is 1. The molecule has 1 aromatic rings. The van der Waals surface area contributed by atoms with Crippen LogP contribution in [0.15, 0.2) is 24.3 Å². The highest BCUT2D eigenvalue weighted by Crippen LogP contribution is 2.31. The van der Waals surface area contributed by atoms with Gasteiger partial charge >= 0.3 is 0 Å². The van der Waals surface area contributed by atoms with E-state index in [2.05, 4.69) is 0 Å². The van der Waals surface area contributed by atoms with E-state index in [1.807, 2.05) is 30.2 Å². The summed E-state index contributed by atoms with van der Waals surface area (Å²) in [4.78, 5) is 12.4. The van der Waals surface area contributed by atoms with E-state index in [0.717, 1.165) is 12.2 Å². The predicted molar refractivity (Wildman–Crippen MR) is 70.8 cm³/mol. The highest BCUT2D eigenvalue weighted by atomic mass is 127. The van der Waals surface area contributed by atoms with E-state index < -0.39 is 0 Å². The zero-order valence-corrected chi connectivity index (χ0v) is 10.5. The van der Waals surface area contributed by atoms with E-state index in [9.17, 15) is 10.1 Å². The van der Waals surface area contributed by atoms with Gasteiger partial charge in [0.15, 0.2) is 0 Å². The normalized spacial score (nSPS) is 13.0. The number of anilines is 1. The molecule has 0 aromatic heterocycles. The van der Waals surface area contributed by atoms with Gasteiger partial charge in [0.2, 0.25) is 0 Å². The number of nitro benzene ring substituents is 1. The Labute approximate surface area is 105 Å². The van der Waals surface area contributed by atoms with Gasteiger partial charge in [-0.3, -0.25) is 10.1 Å². The molecule has 1 aliphatic rings. The molecule has 4 nitrogen and oxygen atoms in total. The second-order valence-electron chi connectivity index (χ2n) is 3.25. The summed E-state index contributed by atoms with van der Waals surface area (Å²) in [5, 5.41) is 10.7. The number of fused-ring (bicyclic) bond motifs is 1. The summed E-state index contributed by atoms with van der Waals surface area (Å²) in [5.74, 6) is 0. The molecular weight excluding hydrogens is 307 g/mol. The van der Waals surface area contributed by atoms with Crippen molar-refractivity contribution in [3.63, 3.8) is 0 Å². The van der Waals surface area contributed by atoms with Crippen LogP contribution < -0.4 is 4.90 Å². The molecule has 0 saturated heterocycles. The minimum absolute atomic E-state index is 0. The first kappa shape index (κ1) is 12.0.